The van der Waals surface area contributed by atoms with Gasteiger partial charge in [0, 0.05) is 44.7 Å². The van der Waals surface area contributed by atoms with E-state index in [4.69, 9.17) is 0 Å². The van der Waals surface area contributed by atoms with Crippen LogP contribution in [0.15, 0.2) is 24.5 Å². The molecule has 1 aromatic heterocycles. The van der Waals surface area contributed by atoms with Crippen molar-refractivity contribution in [1.29, 1.82) is 0 Å². The summed E-state index contributed by atoms with van der Waals surface area (Å²) in [6.07, 6.45) is 2.57. The van der Waals surface area contributed by atoms with Crippen LogP contribution in [0, 0.1) is 5.92 Å². The van der Waals surface area contributed by atoms with Gasteiger partial charge in [-0.15, -0.1) is 0 Å². The molecule has 0 atom stereocenters. The van der Waals surface area contributed by atoms with E-state index in [1.165, 1.54) is 0 Å². The molecule has 1 aliphatic rings. The molecule has 3 rings (SSSR count). The number of benzene rings is 1. The molecule has 6 nitrogen and oxygen atoms in total. The molecule has 1 fully saturated rings. The molecule has 0 N–H and O–H groups in total. The highest BCUT2D eigenvalue weighted by Crippen LogP contribution is 2.17. The maximum absolute atomic E-state index is 12.8. The number of hydrogen-bond donors (Lipinski definition) is 0. The maximum atomic E-state index is 12.8. The molecule has 1 aliphatic heterocycles. The van der Waals surface area contributed by atoms with Gasteiger partial charge in [0.1, 0.15) is 0 Å². The first-order chi connectivity index (χ1) is 11.5. The topological polar surface area (TPSA) is 58.4 Å². The van der Waals surface area contributed by atoms with Crippen molar-refractivity contribution in [1.82, 2.24) is 19.4 Å². The highest BCUT2D eigenvalue weighted by molar-refractivity contribution is 5.97. The summed E-state index contributed by atoms with van der Waals surface area (Å²) in [4.78, 5) is 33.0. The third-order valence-electron chi connectivity index (χ3n) is 4.56. The van der Waals surface area contributed by atoms with Crippen LogP contribution in [0.25, 0.3) is 11.0 Å². The standard InChI is InChI=1S/C18H24N4O2/c1-13(2)17(23)21-7-4-8-22(10-9-21)18(24)14-5-6-16-15(11-14)19-12-20(16)3/h5-6,11-13H,4,7-10H2,1-3H3. The molecule has 6 heteroatoms. The Bertz CT molecular complexity index is 765. The number of aryl methyl sites for hydroxylation is 1. The monoisotopic (exact) mass is 328 g/mol. The number of aromatic nitrogens is 2. The van der Waals surface area contributed by atoms with Crippen LogP contribution in [0.1, 0.15) is 30.6 Å². The summed E-state index contributed by atoms with van der Waals surface area (Å²) in [5, 5.41) is 0. The normalized spacial score (nSPS) is 15.8. The van der Waals surface area contributed by atoms with Crippen LogP contribution in [0.5, 0.6) is 0 Å². The van der Waals surface area contributed by atoms with Gasteiger partial charge in [-0.25, -0.2) is 4.98 Å². The van der Waals surface area contributed by atoms with Crippen LogP contribution >= 0.6 is 0 Å². The summed E-state index contributed by atoms with van der Waals surface area (Å²) in [7, 11) is 1.94. The Hall–Kier alpha value is -2.37. The van der Waals surface area contributed by atoms with Crippen LogP contribution in [-0.2, 0) is 11.8 Å². The van der Waals surface area contributed by atoms with Crippen molar-refractivity contribution < 1.29 is 9.59 Å². The molecule has 1 saturated heterocycles. The lowest BCUT2D eigenvalue weighted by atomic mass is 10.1. The summed E-state index contributed by atoms with van der Waals surface area (Å²) in [5.74, 6) is 0.180. The second-order valence-corrected chi connectivity index (χ2v) is 6.68. The Labute approximate surface area is 142 Å². The van der Waals surface area contributed by atoms with Crippen molar-refractivity contribution >= 4 is 22.8 Å². The quantitative estimate of drug-likeness (QED) is 0.846. The van der Waals surface area contributed by atoms with Gasteiger partial charge in [-0.2, -0.15) is 0 Å². The fourth-order valence-electron chi connectivity index (χ4n) is 3.16. The van der Waals surface area contributed by atoms with E-state index >= 15 is 0 Å². The zero-order chi connectivity index (χ0) is 17.3. The van der Waals surface area contributed by atoms with Gasteiger partial charge in [0.05, 0.1) is 17.4 Å². The number of carbonyl (C=O) groups excluding carboxylic acids is 2. The lowest BCUT2D eigenvalue weighted by molar-refractivity contribution is -0.134. The number of fused-ring (bicyclic) bond motifs is 1. The maximum Gasteiger partial charge on any atom is 0.253 e. The van der Waals surface area contributed by atoms with Crippen LogP contribution in [0.3, 0.4) is 0 Å². The third-order valence-corrected chi connectivity index (χ3v) is 4.56. The second-order valence-electron chi connectivity index (χ2n) is 6.68. The predicted octanol–water partition coefficient (Wildman–Crippen LogP) is 1.90. The summed E-state index contributed by atoms with van der Waals surface area (Å²) < 4.78 is 1.94. The van der Waals surface area contributed by atoms with E-state index in [1.807, 2.05) is 53.5 Å². The smallest absolute Gasteiger partial charge is 0.253 e. The number of imidazole rings is 1. The SMILES string of the molecule is CC(C)C(=O)N1CCCN(C(=O)c2ccc3c(c2)ncn3C)CC1. The average Bonchev–Trinajstić information content (AvgIpc) is 2.80. The van der Waals surface area contributed by atoms with Gasteiger partial charge in [0.25, 0.3) is 5.91 Å². The van der Waals surface area contributed by atoms with Crippen molar-refractivity contribution in [2.45, 2.75) is 20.3 Å². The van der Waals surface area contributed by atoms with Crippen LogP contribution in [-0.4, -0.2) is 57.3 Å². The number of carbonyl (C=O) groups is 2. The van der Waals surface area contributed by atoms with E-state index in [0.717, 1.165) is 24.0 Å². The predicted molar refractivity (Wildman–Crippen MR) is 92.7 cm³/mol. The molecule has 1 aromatic carbocycles. The summed E-state index contributed by atoms with van der Waals surface area (Å²) in [5.41, 5.74) is 2.50. The van der Waals surface area contributed by atoms with Gasteiger partial charge in [-0.3, -0.25) is 9.59 Å². The van der Waals surface area contributed by atoms with Crippen molar-refractivity contribution in [3.05, 3.63) is 30.1 Å². The summed E-state index contributed by atoms with van der Waals surface area (Å²) in [6, 6.07) is 5.63. The minimum atomic E-state index is -0.00110. The zero-order valence-electron chi connectivity index (χ0n) is 14.5. The van der Waals surface area contributed by atoms with Gasteiger partial charge in [0.15, 0.2) is 0 Å². The highest BCUT2D eigenvalue weighted by atomic mass is 16.2. The first kappa shape index (κ1) is 16.5. The van der Waals surface area contributed by atoms with Crippen molar-refractivity contribution in [3.8, 4) is 0 Å². The van der Waals surface area contributed by atoms with E-state index in [-0.39, 0.29) is 17.7 Å². The first-order valence-electron chi connectivity index (χ1n) is 8.46. The molecule has 2 heterocycles. The Morgan fingerprint density at radius 1 is 1.08 bits per heavy atom. The Morgan fingerprint density at radius 2 is 1.79 bits per heavy atom. The molecule has 0 bridgehead atoms. The number of hydrogen-bond acceptors (Lipinski definition) is 3. The zero-order valence-corrected chi connectivity index (χ0v) is 14.5. The lowest BCUT2D eigenvalue weighted by Crippen LogP contribution is -2.38. The highest BCUT2D eigenvalue weighted by Gasteiger charge is 2.24. The van der Waals surface area contributed by atoms with Crippen LogP contribution in [0.4, 0.5) is 0 Å². The molecule has 0 aliphatic carbocycles. The van der Waals surface area contributed by atoms with Crippen molar-refractivity contribution in [3.63, 3.8) is 0 Å². The largest absolute Gasteiger partial charge is 0.341 e. The van der Waals surface area contributed by atoms with Gasteiger partial charge >= 0.3 is 0 Å². The van der Waals surface area contributed by atoms with Crippen LogP contribution < -0.4 is 0 Å². The molecule has 0 spiro atoms. The minimum absolute atomic E-state index is 0.00110. The number of amides is 2. The van der Waals surface area contributed by atoms with Gasteiger partial charge < -0.3 is 14.4 Å². The Kier molecular flexibility index (Phi) is 4.55. The van der Waals surface area contributed by atoms with Crippen molar-refractivity contribution in [2.75, 3.05) is 26.2 Å². The third kappa shape index (κ3) is 3.13. The van der Waals surface area contributed by atoms with Gasteiger partial charge in [-0.1, -0.05) is 13.8 Å². The Morgan fingerprint density at radius 3 is 2.54 bits per heavy atom. The number of rotatable bonds is 2. The molecule has 128 valence electrons. The van der Waals surface area contributed by atoms with E-state index in [1.54, 1.807) is 6.33 Å². The molecule has 2 amide bonds. The van der Waals surface area contributed by atoms with Gasteiger partial charge in [-0.05, 0) is 24.6 Å². The molecule has 0 saturated carbocycles. The van der Waals surface area contributed by atoms with Crippen molar-refractivity contribution in [2.24, 2.45) is 13.0 Å². The fraction of sp³-hybridized carbons (Fsp3) is 0.500. The lowest BCUT2D eigenvalue weighted by Gasteiger charge is -2.23. The average molecular weight is 328 g/mol. The van der Waals surface area contributed by atoms with E-state index < -0.39 is 0 Å². The van der Waals surface area contributed by atoms with E-state index in [2.05, 4.69) is 4.98 Å². The summed E-state index contributed by atoms with van der Waals surface area (Å²) in [6.45, 7) is 6.42. The molecule has 24 heavy (non-hydrogen) atoms. The van der Waals surface area contributed by atoms with Gasteiger partial charge in [0.2, 0.25) is 5.91 Å². The second kappa shape index (κ2) is 6.63. The molecule has 0 radical (unpaired) electrons. The van der Waals surface area contributed by atoms with Crippen LogP contribution in [0.2, 0.25) is 0 Å². The van der Waals surface area contributed by atoms with E-state index in [9.17, 15) is 9.59 Å². The first-order valence-corrected chi connectivity index (χ1v) is 8.46. The molecule has 2 aromatic rings. The molecular formula is C18H24N4O2. The fourth-order valence-corrected chi connectivity index (χ4v) is 3.16. The minimum Gasteiger partial charge on any atom is -0.341 e. The van der Waals surface area contributed by atoms with E-state index in [0.29, 0.717) is 25.2 Å². The summed E-state index contributed by atoms with van der Waals surface area (Å²) >= 11 is 0. The Balaban J connectivity index is 1.73. The molecule has 0 unspecified atom stereocenters. The molecular weight excluding hydrogens is 304 g/mol. The number of nitrogens with zero attached hydrogens (tertiary/aromatic N) is 4.